The van der Waals surface area contributed by atoms with E-state index in [9.17, 15) is 0 Å². The fourth-order valence-electron chi connectivity index (χ4n) is 1.68. The molecule has 0 N–H and O–H groups in total. The number of rotatable bonds is 8. The predicted octanol–water partition coefficient (Wildman–Crippen LogP) is 0.810. The van der Waals surface area contributed by atoms with Gasteiger partial charge in [-0.1, -0.05) is 0 Å². The quantitative estimate of drug-likeness (QED) is 0.713. The van der Waals surface area contributed by atoms with E-state index in [0.717, 1.165) is 0 Å². The number of anilines is 1. The van der Waals surface area contributed by atoms with Crippen molar-refractivity contribution in [1.82, 2.24) is 24.5 Å². The maximum atomic E-state index is 5.99. The first-order chi connectivity index (χ1) is 10.2. The smallest absolute Gasteiger partial charge is 0.241 e. The first kappa shape index (κ1) is 15.6. The normalized spacial score (nSPS) is 10.8. The van der Waals surface area contributed by atoms with Gasteiger partial charge in [-0.15, -0.1) is 0 Å². The Morgan fingerprint density at radius 2 is 1.86 bits per heavy atom. The number of imidazole rings is 1. The molecule has 0 aliphatic rings. The Labute approximate surface area is 127 Å². The highest BCUT2D eigenvalue weighted by Crippen LogP contribution is 2.13. The Morgan fingerprint density at radius 3 is 2.43 bits per heavy atom. The van der Waals surface area contributed by atoms with Crippen LogP contribution in [0.25, 0.3) is 5.95 Å². The van der Waals surface area contributed by atoms with E-state index < -0.39 is 0 Å². The number of hydrogen-bond donors (Lipinski definition) is 0. The van der Waals surface area contributed by atoms with Crippen molar-refractivity contribution < 1.29 is 9.47 Å². The molecule has 21 heavy (non-hydrogen) atoms. The van der Waals surface area contributed by atoms with E-state index in [4.69, 9.17) is 21.1 Å². The lowest BCUT2D eigenvalue weighted by Gasteiger charge is -2.22. The molecule has 114 valence electrons. The summed E-state index contributed by atoms with van der Waals surface area (Å²) in [5, 5.41) is 0.128. The molecule has 0 unspecified atom stereocenters. The summed E-state index contributed by atoms with van der Waals surface area (Å²) in [5.41, 5.74) is 0. The van der Waals surface area contributed by atoms with Crippen LogP contribution < -0.4 is 4.90 Å². The zero-order valence-electron chi connectivity index (χ0n) is 11.9. The molecular weight excluding hydrogens is 296 g/mol. The number of aromatic nitrogens is 5. The minimum Gasteiger partial charge on any atom is -0.383 e. The maximum absolute atomic E-state index is 5.99. The van der Waals surface area contributed by atoms with Crippen LogP contribution in [-0.4, -0.2) is 65.0 Å². The van der Waals surface area contributed by atoms with E-state index >= 15 is 0 Å². The summed E-state index contributed by atoms with van der Waals surface area (Å²) in [6, 6.07) is 0. The van der Waals surface area contributed by atoms with Gasteiger partial charge < -0.3 is 14.4 Å². The molecule has 0 fully saturated rings. The number of halogens is 1. The molecule has 0 saturated carbocycles. The van der Waals surface area contributed by atoms with Crippen molar-refractivity contribution in [3.63, 3.8) is 0 Å². The highest BCUT2D eigenvalue weighted by atomic mass is 35.5. The Balaban J connectivity index is 2.26. The molecule has 2 aromatic rings. The van der Waals surface area contributed by atoms with E-state index in [1.165, 1.54) is 0 Å². The van der Waals surface area contributed by atoms with E-state index in [2.05, 4.69) is 19.9 Å². The molecule has 0 aromatic carbocycles. The van der Waals surface area contributed by atoms with E-state index in [1.54, 1.807) is 37.5 Å². The van der Waals surface area contributed by atoms with Gasteiger partial charge in [0.05, 0.1) is 13.2 Å². The van der Waals surface area contributed by atoms with Crippen molar-refractivity contribution in [3.05, 3.63) is 24.0 Å². The van der Waals surface area contributed by atoms with E-state index in [0.29, 0.717) is 38.2 Å². The minimum atomic E-state index is 0.128. The van der Waals surface area contributed by atoms with Crippen LogP contribution >= 0.6 is 11.6 Å². The summed E-state index contributed by atoms with van der Waals surface area (Å²) in [7, 11) is 3.29. The van der Waals surface area contributed by atoms with Crippen molar-refractivity contribution in [2.24, 2.45) is 0 Å². The number of methoxy groups -OCH3 is 2. The first-order valence-electron chi connectivity index (χ1n) is 6.37. The summed E-state index contributed by atoms with van der Waals surface area (Å²) >= 11 is 5.99. The van der Waals surface area contributed by atoms with Crippen LogP contribution in [0.15, 0.2) is 18.7 Å². The van der Waals surface area contributed by atoms with E-state index in [1.807, 2.05) is 4.90 Å². The Kier molecular flexibility index (Phi) is 5.85. The molecule has 0 atom stereocenters. The van der Waals surface area contributed by atoms with Gasteiger partial charge in [-0.3, -0.25) is 4.57 Å². The van der Waals surface area contributed by atoms with E-state index in [-0.39, 0.29) is 5.28 Å². The molecule has 0 spiro atoms. The van der Waals surface area contributed by atoms with Gasteiger partial charge in [-0.25, -0.2) is 4.98 Å². The van der Waals surface area contributed by atoms with Gasteiger partial charge in [-0.2, -0.15) is 15.0 Å². The Hall–Kier alpha value is -1.77. The molecule has 0 bridgehead atoms. The zero-order valence-corrected chi connectivity index (χ0v) is 12.7. The lowest BCUT2D eigenvalue weighted by molar-refractivity contribution is 0.189. The molecule has 0 saturated heterocycles. The summed E-state index contributed by atoms with van der Waals surface area (Å²) in [6.45, 7) is 2.36. The van der Waals surface area contributed by atoms with Gasteiger partial charge in [0.15, 0.2) is 0 Å². The van der Waals surface area contributed by atoms with Crippen LogP contribution in [0.3, 0.4) is 0 Å². The monoisotopic (exact) mass is 312 g/mol. The second-order valence-electron chi connectivity index (χ2n) is 4.15. The molecule has 2 heterocycles. The fraction of sp³-hybridized carbons (Fsp3) is 0.500. The maximum Gasteiger partial charge on any atom is 0.241 e. The number of hydrogen-bond acceptors (Lipinski definition) is 7. The third-order valence-electron chi connectivity index (χ3n) is 2.73. The lowest BCUT2D eigenvalue weighted by Crippen LogP contribution is -2.32. The zero-order chi connectivity index (χ0) is 15.1. The topological polar surface area (TPSA) is 78.2 Å². The molecular formula is C12H17ClN6O2. The third-order valence-corrected chi connectivity index (χ3v) is 2.90. The summed E-state index contributed by atoms with van der Waals surface area (Å²) < 4.78 is 11.9. The lowest BCUT2D eigenvalue weighted by atomic mass is 10.5. The largest absolute Gasteiger partial charge is 0.383 e. The van der Waals surface area contributed by atoms with Gasteiger partial charge in [0.1, 0.15) is 6.33 Å². The minimum absolute atomic E-state index is 0.128. The number of nitrogens with zero attached hydrogens (tertiary/aromatic N) is 6. The van der Waals surface area contributed by atoms with Crippen LogP contribution in [0.2, 0.25) is 5.28 Å². The Bertz CT molecular complexity index is 543. The van der Waals surface area contributed by atoms with Crippen LogP contribution in [0.4, 0.5) is 5.95 Å². The fourth-order valence-corrected chi connectivity index (χ4v) is 1.83. The van der Waals surface area contributed by atoms with Crippen LogP contribution in [0, 0.1) is 0 Å². The van der Waals surface area contributed by atoms with Gasteiger partial charge >= 0.3 is 0 Å². The standard InChI is InChI=1S/C12H17ClN6O2/c1-20-7-5-18(6-8-21-2)11-15-10(13)16-12(17-11)19-4-3-14-9-19/h3-4,9H,5-8H2,1-2H3. The Morgan fingerprint density at radius 1 is 1.14 bits per heavy atom. The number of ether oxygens (including phenoxy) is 2. The van der Waals surface area contributed by atoms with Crippen molar-refractivity contribution in [1.29, 1.82) is 0 Å². The molecule has 8 nitrogen and oxygen atoms in total. The average molecular weight is 313 g/mol. The predicted molar refractivity (Wildman–Crippen MR) is 77.9 cm³/mol. The first-order valence-corrected chi connectivity index (χ1v) is 6.75. The summed E-state index contributed by atoms with van der Waals surface area (Å²) in [4.78, 5) is 18.6. The molecule has 9 heteroatoms. The van der Waals surface area contributed by atoms with Crippen LogP contribution in [0.5, 0.6) is 0 Å². The van der Waals surface area contributed by atoms with Gasteiger partial charge in [0.2, 0.25) is 17.2 Å². The van der Waals surface area contributed by atoms with Crippen molar-refractivity contribution in [2.45, 2.75) is 0 Å². The second kappa shape index (κ2) is 7.87. The van der Waals surface area contributed by atoms with Crippen molar-refractivity contribution in [3.8, 4) is 5.95 Å². The molecule has 2 rings (SSSR count). The van der Waals surface area contributed by atoms with Crippen LogP contribution in [0.1, 0.15) is 0 Å². The van der Waals surface area contributed by atoms with Gasteiger partial charge in [0, 0.05) is 39.7 Å². The third kappa shape index (κ3) is 4.35. The van der Waals surface area contributed by atoms with Crippen molar-refractivity contribution in [2.75, 3.05) is 45.4 Å². The van der Waals surface area contributed by atoms with Crippen LogP contribution in [-0.2, 0) is 9.47 Å². The SMILES string of the molecule is COCCN(CCOC)c1nc(Cl)nc(-n2ccnc2)n1. The molecule has 0 radical (unpaired) electrons. The molecule has 0 aliphatic carbocycles. The second-order valence-corrected chi connectivity index (χ2v) is 4.49. The highest BCUT2D eigenvalue weighted by molar-refractivity contribution is 6.28. The molecule has 0 amide bonds. The summed E-state index contributed by atoms with van der Waals surface area (Å²) in [5.74, 6) is 0.898. The van der Waals surface area contributed by atoms with Crippen molar-refractivity contribution >= 4 is 17.5 Å². The average Bonchev–Trinajstić information content (AvgIpc) is 3.01. The highest BCUT2D eigenvalue weighted by Gasteiger charge is 2.13. The van der Waals surface area contributed by atoms with Gasteiger partial charge in [0.25, 0.3) is 0 Å². The van der Waals surface area contributed by atoms with Gasteiger partial charge in [-0.05, 0) is 11.6 Å². The molecule has 0 aliphatic heterocycles. The molecule has 2 aromatic heterocycles. The summed E-state index contributed by atoms with van der Waals surface area (Å²) in [6.07, 6.45) is 4.99.